The maximum absolute atomic E-state index is 12.6. The summed E-state index contributed by atoms with van der Waals surface area (Å²) in [4.78, 5) is 32.4. The van der Waals surface area contributed by atoms with E-state index in [0.717, 1.165) is 56.5 Å². The molecule has 37 heavy (non-hydrogen) atoms. The van der Waals surface area contributed by atoms with E-state index in [1.165, 1.54) is 16.8 Å². The highest BCUT2D eigenvalue weighted by Gasteiger charge is 2.30. The summed E-state index contributed by atoms with van der Waals surface area (Å²) in [6.07, 6.45) is 1.12. The number of benzene rings is 1. The van der Waals surface area contributed by atoms with Gasteiger partial charge in [0, 0.05) is 31.0 Å². The summed E-state index contributed by atoms with van der Waals surface area (Å²) in [6.45, 7) is 2.37. The first-order valence-corrected chi connectivity index (χ1v) is 11.9. The van der Waals surface area contributed by atoms with E-state index in [2.05, 4.69) is 25.9 Å². The molecule has 1 aromatic heterocycles. The van der Waals surface area contributed by atoms with Gasteiger partial charge < -0.3 is 27.8 Å². The number of guanidine groups is 1. The second-order valence-electron chi connectivity index (χ2n) is 8.33. The van der Waals surface area contributed by atoms with Crippen molar-refractivity contribution in [3.05, 3.63) is 52.6 Å². The lowest BCUT2D eigenvalue weighted by Gasteiger charge is -2.18. The van der Waals surface area contributed by atoms with Crippen molar-refractivity contribution in [2.24, 2.45) is 22.2 Å². The number of rotatable bonds is 14. The fraction of sp³-hybridized carbons (Fsp3) is 0.478. The Morgan fingerprint density at radius 3 is 2.38 bits per heavy atom. The van der Waals surface area contributed by atoms with Crippen LogP contribution in [0.1, 0.15) is 37.7 Å². The van der Waals surface area contributed by atoms with Crippen LogP contribution in [0.2, 0.25) is 0 Å². The lowest BCUT2D eigenvalue weighted by Crippen LogP contribution is -2.32. The van der Waals surface area contributed by atoms with E-state index in [9.17, 15) is 22.8 Å². The number of carbonyl (C=O) groups excluding carboxylic acids is 1. The van der Waals surface area contributed by atoms with Crippen molar-refractivity contribution in [1.82, 2.24) is 14.9 Å². The number of amides is 2. The molecule has 0 aliphatic carbocycles. The maximum atomic E-state index is 12.6. The molecule has 2 aromatic rings. The highest BCUT2D eigenvalue weighted by atomic mass is 19.4. The molecule has 0 radical (unpaired) electrons. The number of hydrogen-bond acceptors (Lipinski definition) is 6. The van der Waals surface area contributed by atoms with Gasteiger partial charge in [0.15, 0.2) is 5.96 Å². The number of alkyl halides is 3. The van der Waals surface area contributed by atoms with Crippen molar-refractivity contribution >= 4 is 23.5 Å². The zero-order valence-corrected chi connectivity index (χ0v) is 20.4. The van der Waals surface area contributed by atoms with E-state index in [4.69, 9.17) is 17.2 Å². The molecule has 1 unspecified atom stereocenters. The third-order valence-electron chi connectivity index (χ3n) is 5.36. The van der Waals surface area contributed by atoms with Gasteiger partial charge in [-0.3, -0.25) is 14.9 Å². The summed E-state index contributed by atoms with van der Waals surface area (Å²) in [5.74, 6) is 0.0845. The predicted octanol–water partition coefficient (Wildman–Crippen LogP) is 2.05. The molecular weight excluding hydrogens is 491 g/mol. The molecule has 0 spiro atoms. The molecule has 0 bridgehead atoms. The molecule has 1 aromatic carbocycles. The van der Waals surface area contributed by atoms with Crippen molar-refractivity contribution in [2.45, 2.75) is 50.9 Å². The van der Waals surface area contributed by atoms with Crippen LogP contribution < -0.4 is 38.8 Å². The molecule has 0 aliphatic heterocycles. The summed E-state index contributed by atoms with van der Waals surface area (Å²) in [5, 5.41) is 8.26. The average molecular weight is 526 g/mol. The van der Waals surface area contributed by atoms with Gasteiger partial charge in [-0.1, -0.05) is 0 Å². The number of nitrogens with zero attached hydrogens (tertiary/aromatic N) is 3. The van der Waals surface area contributed by atoms with Crippen LogP contribution >= 0.6 is 0 Å². The molecule has 14 heteroatoms. The molecule has 2 amide bonds. The normalized spacial score (nSPS) is 12.1. The number of aromatic nitrogens is 2. The van der Waals surface area contributed by atoms with Crippen LogP contribution in [0.25, 0.3) is 0 Å². The predicted molar refractivity (Wildman–Crippen MR) is 137 cm³/mol. The van der Waals surface area contributed by atoms with Gasteiger partial charge in [-0.25, -0.2) is 9.59 Å². The number of urea groups is 1. The molecule has 1 heterocycles. The van der Waals surface area contributed by atoms with Gasteiger partial charge >= 0.3 is 17.9 Å². The Balaban J connectivity index is 1.85. The number of anilines is 2. The minimum absolute atomic E-state index is 0.0201. The molecule has 9 N–H and O–H groups in total. The lowest BCUT2D eigenvalue weighted by atomic mass is 10.1. The molecular formula is C23H34F3N9O2. The van der Waals surface area contributed by atoms with Crippen molar-refractivity contribution in [1.29, 1.82) is 0 Å². The molecule has 0 fully saturated rings. The van der Waals surface area contributed by atoms with Crippen molar-refractivity contribution in [3.8, 4) is 0 Å². The second kappa shape index (κ2) is 14.8. The first-order valence-electron chi connectivity index (χ1n) is 11.9. The van der Waals surface area contributed by atoms with E-state index in [1.807, 2.05) is 0 Å². The Morgan fingerprint density at radius 2 is 1.76 bits per heavy atom. The van der Waals surface area contributed by atoms with Crippen LogP contribution in [-0.2, 0) is 12.7 Å². The second-order valence-corrected chi connectivity index (χ2v) is 8.33. The minimum atomic E-state index is -4.47. The van der Waals surface area contributed by atoms with Gasteiger partial charge in [0.25, 0.3) is 0 Å². The van der Waals surface area contributed by atoms with E-state index < -0.39 is 23.5 Å². The standard InChI is InChI=1S/C23H34F3N9O2/c24-23(25,26)16-6-8-18(9-7-16)32-21(36)33-19-10-15-35(22(37)34-19)14-2-5-17(30-13-3-11-27)4-1-12-31-20(28)29/h6-10,15,17,30H,1-5,11-14,27H2,(H4,28,29,31)(H2,32,33,34,36,37). The summed E-state index contributed by atoms with van der Waals surface area (Å²) in [5.41, 5.74) is 15.1. The first-order chi connectivity index (χ1) is 17.6. The van der Waals surface area contributed by atoms with Crippen LogP contribution in [0.15, 0.2) is 46.3 Å². The quantitative estimate of drug-likeness (QED) is 0.124. The SMILES string of the molecule is NCCCNC(CCCN=C(N)N)CCCn1ccc(NC(=O)Nc2ccc(C(F)(F)F)cc2)nc1=O. The van der Waals surface area contributed by atoms with Crippen LogP contribution in [-0.4, -0.2) is 47.2 Å². The topological polar surface area (TPSA) is 178 Å². The molecule has 11 nitrogen and oxygen atoms in total. The Labute approximate surface area is 212 Å². The van der Waals surface area contributed by atoms with Crippen LogP contribution in [0, 0.1) is 0 Å². The highest BCUT2D eigenvalue weighted by molar-refractivity contribution is 5.99. The summed E-state index contributed by atoms with van der Waals surface area (Å²) in [6, 6.07) is 4.93. The zero-order chi connectivity index (χ0) is 27.3. The van der Waals surface area contributed by atoms with Crippen LogP contribution in [0.4, 0.5) is 29.5 Å². The monoisotopic (exact) mass is 525 g/mol. The van der Waals surface area contributed by atoms with Gasteiger partial charge in [-0.2, -0.15) is 18.2 Å². The fourth-order valence-corrected chi connectivity index (χ4v) is 3.50. The van der Waals surface area contributed by atoms with E-state index in [-0.39, 0.29) is 23.5 Å². The molecule has 2 rings (SSSR count). The summed E-state index contributed by atoms with van der Waals surface area (Å²) >= 11 is 0. The van der Waals surface area contributed by atoms with Gasteiger partial charge in [0.1, 0.15) is 5.82 Å². The third kappa shape index (κ3) is 11.3. The van der Waals surface area contributed by atoms with Gasteiger partial charge in [-0.15, -0.1) is 0 Å². The molecule has 0 saturated heterocycles. The van der Waals surface area contributed by atoms with Crippen molar-refractivity contribution in [2.75, 3.05) is 30.3 Å². The number of halogens is 3. The van der Waals surface area contributed by atoms with Gasteiger partial charge in [0.05, 0.1) is 5.56 Å². The largest absolute Gasteiger partial charge is 0.416 e. The maximum Gasteiger partial charge on any atom is 0.416 e. The summed E-state index contributed by atoms with van der Waals surface area (Å²) < 4.78 is 39.4. The van der Waals surface area contributed by atoms with Gasteiger partial charge in [-0.05, 0) is 75.5 Å². The molecule has 0 saturated carbocycles. The number of aliphatic imine (C=N–C) groups is 1. The smallest absolute Gasteiger partial charge is 0.370 e. The van der Waals surface area contributed by atoms with Crippen molar-refractivity contribution in [3.63, 3.8) is 0 Å². The number of aryl methyl sites for hydroxylation is 1. The Kier molecular flexibility index (Phi) is 11.8. The van der Waals surface area contributed by atoms with Gasteiger partial charge in [0.2, 0.25) is 0 Å². The van der Waals surface area contributed by atoms with Crippen LogP contribution in [0.3, 0.4) is 0 Å². The minimum Gasteiger partial charge on any atom is -0.370 e. The third-order valence-corrected chi connectivity index (χ3v) is 5.36. The Hall–Kier alpha value is -3.65. The number of hydrogen-bond donors (Lipinski definition) is 6. The van der Waals surface area contributed by atoms with Crippen molar-refractivity contribution < 1.29 is 18.0 Å². The van der Waals surface area contributed by atoms with E-state index >= 15 is 0 Å². The first kappa shape index (κ1) is 29.6. The van der Waals surface area contributed by atoms with E-state index in [1.54, 1.807) is 0 Å². The Morgan fingerprint density at radius 1 is 1.05 bits per heavy atom. The number of nitrogens with one attached hydrogen (secondary N) is 3. The molecule has 1 atom stereocenters. The number of nitrogens with two attached hydrogens (primary N) is 3. The molecule has 204 valence electrons. The highest BCUT2D eigenvalue weighted by Crippen LogP contribution is 2.29. The molecule has 0 aliphatic rings. The fourth-order valence-electron chi connectivity index (χ4n) is 3.50. The number of carbonyl (C=O) groups is 1. The lowest BCUT2D eigenvalue weighted by molar-refractivity contribution is -0.137. The Bertz CT molecular complexity index is 1070. The van der Waals surface area contributed by atoms with Crippen LogP contribution in [0.5, 0.6) is 0 Å². The summed E-state index contributed by atoms with van der Waals surface area (Å²) in [7, 11) is 0. The zero-order valence-electron chi connectivity index (χ0n) is 20.4. The van der Waals surface area contributed by atoms with E-state index in [0.29, 0.717) is 26.1 Å². The average Bonchev–Trinajstić information content (AvgIpc) is 2.82.